The Morgan fingerprint density at radius 3 is 2.81 bits per heavy atom. The van der Waals surface area contributed by atoms with Crippen molar-refractivity contribution in [3.05, 3.63) is 57.2 Å². The molecule has 26 heavy (non-hydrogen) atoms. The number of rotatable bonds is 2. The van der Waals surface area contributed by atoms with Crippen LogP contribution in [-0.2, 0) is 13.1 Å². The number of fused-ring (bicyclic) bond motifs is 3. The number of aryl methyl sites for hydroxylation is 2. The summed E-state index contributed by atoms with van der Waals surface area (Å²) in [5.41, 5.74) is 4.27. The maximum Gasteiger partial charge on any atom is 0.258 e. The van der Waals surface area contributed by atoms with Crippen molar-refractivity contribution in [2.75, 3.05) is 7.11 Å². The molecule has 3 heterocycles. The first kappa shape index (κ1) is 16.8. The molecule has 0 saturated carbocycles. The van der Waals surface area contributed by atoms with Gasteiger partial charge in [0.1, 0.15) is 11.6 Å². The molecule has 1 aliphatic heterocycles. The number of halogens is 2. The van der Waals surface area contributed by atoms with Crippen molar-refractivity contribution in [1.29, 1.82) is 0 Å². The molecule has 0 radical (unpaired) electrons. The number of hydrogen-bond acceptors (Lipinski definition) is 4. The summed E-state index contributed by atoms with van der Waals surface area (Å²) in [7, 11) is 1.41. The van der Waals surface area contributed by atoms with Gasteiger partial charge in [-0.25, -0.2) is 13.9 Å². The van der Waals surface area contributed by atoms with Crippen molar-refractivity contribution in [2.24, 2.45) is 0 Å². The zero-order valence-corrected chi connectivity index (χ0v) is 15.3. The Labute approximate surface area is 154 Å². The molecule has 0 unspecified atom stereocenters. The van der Waals surface area contributed by atoms with E-state index >= 15 is 0 Å². The van der Waals surface area contributed by atoms with Crippen LogP contribution < -0.4 is 4.74 Å². The molecule has 134 valence electrons. The van der Waals surface area contributed by atoms with Crippen molar-refractivity contribution >= 4 is 23.2 Å². The van der Waals surface area contributed by atoms with E-state index in [1.54, 1.807) is 9.42 Å². The number of nitrogens with zero attached hydrogens (tertiary/aromatic N) is 4. The van der Waals surface area contributed by atoms with Gasteiger partial charge in [-0.15, -0.1) is 0 Å². The number of amides is 1. The first-order valence-corrected chi connectivity index (χ1v) is 8.44. The van der Waals surface area contributed by atoms with Crippen LogP contribution >= 0.6 is 11.6 Å². The molecular formula is C18H16ClFN4O2. The van der Waals surface area contributed by atoms with E-state index in [2.05, 4.69) is 10.1 Å². The molecular weight excluding hydrogens is 359 g/mol. The van der Waals surface area contributed by atoms with E-state index < -0.39 is 5.82 Å². The zero-order chi connectivity index (χ0) is 18.6. The van der Waals surface area contributed by atoms with Gasteiger partial charge in [0.25, 0.3) is 5.91 Å². The van der Waals surface area contributed by atoms with Gasteiger partial charge in [-0.2, -0.15) is 5.10 Å². The second-order valence-electron chi connectivity index (χ2n) is 6.26. The molecule has 0 spiro atoms. The van der Waals surface area contributed by atoms with Gasteiger partial charge in [0.05, 0.1) is 47.9 Å². The average Bonchev–Trinajstić information content (AvgIpc) is 3.18. The van der Waals surface area contributed by atoms with E-state index in [4.69, 9.17) is 16.3 Å². The third kappa shape index (κ3) is 2.42. The smallest absolute Gasteiger partial charge is 0.258 e. The zero-order valence-electron chi connectivity index (χ0n) is 14.5. The van der Waals surface area contributed by atoms with Crippen LogP contribution in [-0.4, -0.2) is 32.5 Å². The Bertz CT molecular complexity index is 1060. The van der Waals surface area contributed by atoms with Crippen LogP contribution in [0.4, 0.5) is 4.39 Å². The second-order valence-corrected chi connectivity index (χ2v) is 6.64. The van der Waals surface area contributed by atoms with Crippen LogP contribution in [0.3, 0.4) is 0 Å². The molecule has 1 amide bonds. The molecule has 6 nitrogen and oxygen atoms in total. The molecule has 0 fully saturated rings. The monoisotopic (exact) mass is 374 g/mol. The van der Waals surface area contributed by atoms with E-state index in [0.29, 0.717) is 29.3 Å². The highest BCUT2D eigenvalue weighted by Crippen LogP contribution is 2.31. The third-order valence-corrected chi connectivity index (χ3v) is 5.18. The normalized spacial score (nSPS) is 13.3. The number of ether oxygens (including phenoxy) is 1. The van der Waals surface area contributed by atoms with Crippen LogP contribution in [0.2, 0.25) is 5.02 Å². The minimum atomic E-state index is -0.451. The van der Waals surface area contributed by atoms with E-state index in [-0.39, 0.29) is 11.7 Å². The Morgan fingerprint density at radius 2 is 2.08 bits per heavy atom. The summed E-state index contributed by atoms with van der Waals surface area (Å²) in [6.45, 7) is 4.47. The lowest BCUT2D eigenvalue weighted by atomic mass is 10.1. The Kier molecular flexibility index (Phi) is 3.84. The lowest BCUT2D eigenvalue weighted by molar-refractivity contribution is 0.0746. The molecule has 1 aliphatic rings. The number of hydrogen-bond donors (Lipinski definition) is 0. The van der Waals surface area contributed by atoms with Crippen LogP contribution in [0, 0.1) is 19.7 Å². The number of benzene rings is 1. The van der Waals surface area contributed by atoms with Crippen molar-refractivity contribution in [1.82, 2.24) is 19.5 Å². The molecule has 4 rings (SSSR count). The third-order valence-electron chi connectivity index (χ3n) is 4.64. The second kappa shape index (κ2) is 5.95. The van der Waals surface area contributed by atoms with Gasteiger partial charge in [0, 0.05) is 11.6 Å². The number of carbonyl (C=O) groups is 1. The highest BCUT2D eigenvalue weighted by atomic mass is 35.5. The summed E-state index contributed by atoms with van der Waals surface area (Å²) in [6.07, 6.45) is 0. The van der Waals surface area contributed by atoms with Crippen LogP contribution in [0.25, 0.3) is 5.65 Å². The Balaban J connectivity index is 1.70. The maximum absolute atomic E-state index is 13.4. The van der Waals surface area contributed by atoms with Crippen molar-refractivity contribution in [2.45, 2.75) is 26.9 Å². The molecule has 0 atom stereocenters. The largest absolute Gasteiger partial charge is 0.496 e. The fourth-order valence-corrected chi connectivity index (χ4v) is 3.39. The SMILES string of the molecule is COc1cc(F)ccc1C(=O)N1Cc2nn3c(C)c(Cl)c(C)nc3c2C1. The van der Waals surface area contributed by atoms with Crippen molar-refractivity contribution < 1.29 is 13.9 Å². The molecule has 1 aromatic carbocycles. The van der Waals surface area contributed by atoms with Gasteiger partial charge in [-0.05, 0) is 26.0 Å². The Hall–Kier alpha value is -2.67. The summed E-state index contributed by atoms with van der Waals surface area (Å²) in [5, 5.41) is 5.15. The van der Waals surface area contributed by atoms with Crippen LogP contribution in [0.5, 0.6) is 5.75 Å². The van der Waals surface area contributed by atoms with Crippen LogP contribution in [0.15, 0.2) is 18.2 Å². The fourth-order valence-electron chi connectivity index (χ4n) is 3.27. The highest BCUT2D eigenvalue weighted by Gasteiger charge is 2.31. The standard InChI is InChI=1S/C18H16ClFN4O2/c1-9-16(19)10(2)24-17(21-9)13-7-23(8-14(13)22-24)18(25)12-5-4-11(20)6-15(12)26-3/h4-6H,7-8H2,1-3H3. The van der Waals surface area contributed by atoms with Gasteiger partial charge in [0.15, 0.2) is 5.65 Å². The molecule has 3 aromatic rings. The summed E-state index contributed by atoms with van der Waals surface area (Å²) < 4.78 is 20.3. The van der Waals surface area contributed by atoms with Gasteiger partial charge >= 0.3 is 0 Å². The molecule has 0 bridgehead atoms. The van der Waals surface area contributed by atoms with Gasteiger partial charge in [0.2, 0.25) is 0 Å². The number of carbonyl (C=O) groups excluding carboxylic acids is 1. The van der Waals surface area contributed by atoms with Crippen LogP contribution in [0.1, 0.15) is 33.0 Å². The first-order valence-electron chi connectivity index (χ1n) is 8.06. The highest BCUT2D eigenvalue weighted by molar-refractivity contribution is 6.31. The molecule has 8 heteroatoms. The minimum Gasteiger partial charge on any atom is -0.496 e. The van der Waals surface area contributed by atoms with E-state index in [1.165, 1.54) is 25.3 Å². The molecule has 0 aliphatic carbocycles. The summed E-state index contributed by atoms with van der Waals surface area (Å²) in [5.74, 6) is -0.474. The van der Waals surface area contributed by atoms with Gasteiger partial charge in [-0.3, -0.25) is 4.79 Å². The topological polar surface area (TPSA) is 59.7 Å². The first-order chi connectivity index (χ1) is 12.4. The van der Waals surface area contributed by atoms with E-state index in [1.807, 2.05) is 13.8 Å². The quantitative estimate of drug-likeness (QED) is 0.690. The van der Waals surface area contributed by atoms with E-state index in [9.17, 15) is 9.18 Å². The van der Waals surface area contributed by atoms with Gasteiger partial charge < -0.3 is 9.64 Å². The minimum absolute atomic E-state index is 0.213. The maximum atomic E-state index is 13.4. The van der Waals surface area contributed by atoms with Gasteiger partial charge in [-0.1, -0.05) is 11.6 Å². The van der Waals surface area contributed by atoms with E-state index in [0.717, 1.165) is 22.6 Å². The summed E-state index contributed by atoms with van der Waals surface area (Å²) in [6, 6.07) is 3.89. The molecule has 2 aromatic heterocycles. The molecule has 0 saturated heterocycles. The average molecular weight is 375 g/mol. The predicted molar refractivity (Wildman–Crippen MR) is 94.0 cm³/mol. The Morgan fingerprint density at radius 1 is 1.31 bits per heavy atom. The lowest BCUT2D eigenvalue weighted by Gasteiger charge is -2.17. The van der Waals surface area contributed by atoms with Crippen molar-refractivity contribution in [3.63, 3.8) is 0 Å². The predicted octanol–water partition coefficient (Wildman–Crippen LogP) is 3.30. The number of methoxy groups -OCH3 is 1. The van der Waals surface area contributed by atoms with Crippen molar-refractivity contribution in [3.8, 4) is 5.75 Å². The fraction of sp³-hybridized carbons (Fsp3) is 0.278. The molecule has 0 N–H and O–H groups in total. The summed E-state index contributed by atoms with van der Waals surface area (Å²) in [4.78, 5) is 19.1. The number of aromatic nitrogens is 3. The lowest BCUT2D eigenvalue weighted by Crippen LogP contribution is -2.26. The summed E-state index contributed by atoms with van der Waals surface area (Å²) >= 11 is 6.25.